The molecule has 0 atom stereocenters. The van der Waals surface area contributed by atoms with Gasteiger partial charge >= 0.3 is 0 Å². The maximum atomic E-state index is 12.8. The highest BCUT2D eigenvalue weighted by Crippen LogP contribution is 2.21. The number of amides is 2. The van der Waals surface area contributed by atoms with Gasteiger partial charge in [-0.05, 0) is 55.0 Å². The number of hydrogen-bond donors (Lipinski definition) is 2. The summed E-state index contributed by atoms with van der Waals surface area (Å²) in [6, 6.07) is 19.3. The van der Waals surface area contributed by atoms with E-state index in [0.717, 1.165) is 4.88 Å². The van der Waals surface area contributed by atoms with Crippen molar-refractivity contribution >= 4 is 46.5 Å². The van der Waals surface area contributed by atoms with Crippen molar-refractivity contribution in [3.05, 3.63) is 92.8 Å². The lowest BCUT2D eigenvalue weighted by Gasteiger charge is -2.10. The number of methoxy groups -OCH3 is 1. The molecule has 3 aromatic rings. The van der Waals surface area contributed by atoms with Gasteiger partial charge in [-0.1, -0.05) is 41.9 Å². The van der Waals surface area contributed by atoms with E-state index in [9.17, 15) is 9.59 Å². The monoisotopic (exact) mass is 453 g/mol. The number of thiophene rings is 1. The van der Waals surface area contributed by atoms with Crippen molar-refractivity contribution in [1.82, 2.24) is 10.7 Å². The van der Waals surface area contributed by atoms with Crippen molar-refractivity contribution in [2.24, 2.45) is 5.10 Å². The zero-order valence-electron chi connectivity index (χ0n) is 16.9. The highest BCUT2D eigenvalue weighted by Gasteiger charge is 2.15. The maximum absolute atomic E-state index is 12.8. The molecule has 2 amide bonds. The number of carbonyl (C=O) groups excluding carboxylic acids is 2. The van der Waals surface area contributed by atoms with Crippen LogP contribution in [-0.2, 0) is 4.79 Å². The number of benzene rings is 2. The summed E-state index contributed by atoms with van der Waals surface area (Å²) in [6.07, 6.45) is 1.57. The van der Waals surface area contributed by atoms with Crippen LogP contribution in [0.2, 0.25) is 4.34 Å². The minimum absolute atomic E-state index is 0.0554. The van der Waals surface area contributed by atoms with Gasteiger partial charge < -0.3 is 10.1 Å². The molecule has 0 radical (unpaired) electrons. The molecule has 0 aliphatic heterocycles. The molecule has 0 spiro atoms. The van der Waals surface area contributed by atoms with E-state index in [1.165, 1.54) is 11.3 Å². The Morgan fingerprint density at radius 3 is 2.35 bits per heavy atom. The van der Waals surface area contributed by atoms with Crippen molar-refractivity contribution in [3.8, 4) is 5.75 Å². The van der Waals surface area contributed by atoms with Crippen LogP contribution in [0.3, 0.4) is 0 Å². The fraction of sp³-hybridized carbons (Fsp3) is 0.0870. The number of hydrazone groups is 1. The van der Waals surface area contributed by atoms with Crippen LogP contribution in [-0.4, -0.2) is 24.6 Å². The molecule has 6 nitrogen and oxygen atoms in total. The minimum Gasteiger partial charge on any atom is -0.497 e. The molecule has 1 heterocycles. The molecule has 2 aromatic carbocycles. The summed E-state index contributed by atoms with van der Waals surface area (Å²) in [4.78, 5) is 26.3. The quantitative estimate of drug-likeness (QED) is 0.308. The van der Waals surface area contributed by atoms with Crippen LogP contribution in [0.25, 0.3) is 6.08 Å². The lowest BCUT2D eigenvalue weighted by atomic mass is 10.1. The molecular formula is C23H20ClN3O3S. The number of nitrogens with one attached hydrogen (secondary N) is 2. The normalized spacial score (nSPS) is 11.7. The Morgan fingerprint density at radius 2 is 1.74 bits per heavy atom. The lowest BCUT2D eigenvalue weighted by Crippen LogP contribution is -2.33. The third-order valence-electron chi connectivity index (χ3n) is 4.21. The third kappa shape index (κ3) is 6.28. The van der Waals surface area contributed by atoms with Gasteiger partial charge in [-0.3, -0.25) is 9.59 Å². The van der Waals surface area contributed by atoms with E-state index in [4.69, 9.17) is 16.3 Å². The van der Waals surface area contributed by atoms with Gasteiger partial charge in [0.25, 0.3) is 11.8 Å². The average Bonchev–Trinajstić information content (AvgIpc) is 3.24. The third-order valence-corrected chi connectivity index (χ3v) is 5.55. The Labute approximate surface area is 189 Å². The second-order valence-electron chi connectivity index (χ2n) is 6.39. The van der Waals surface area contributed by atoms with Gasteiger partial charge in [-0.2, -0.15) is 5.10 Å². The summed E-state index contributed by atoms with van der Waals surface area (Å²) in [6.45, 7) is 1.76. The Kier molecular flexibility index (Phi) is 7.59. The lowest BCUT2D eigenvalue weighted by molar-refractivity contribution is -0.117. The van der Waals surface area contributed by atoms with Crippen LogP contribution in [0.5, 0.6) is 5.75 Å². The second kappa shape index (κ2) is 10.6. The van der Waals surface area contributed by atoms with Crippen LogP contribution in [0, 0.1) is 0 Å². The predicted octanol–water partition coefficient (Wildman–Crippen LogP) is 4.72. The van der Waals surface area contributed by atoms with Gasteiger partial charge in [0.1, 0.15) is 11.4 Å². The molecule has 0 saturated carbocycles. The van der Waals surface area contributed by atoms with E-state index < -0.39 is 11.8 Å². The number of rotatable bonds is 7. The standard InChI is InChI=1S/C23H20ClN3O3S/c1-15(20-12-13-21(24)31-20)26-27-23(29)19(14-16-8-10-18(30-2)11-9-16)25-22(28)17-6-4-3-5-7-17/h3-14H,1-2H3,(H,25,28)(H,27,29)/b19-14+,26-15-. The molecule has 0 bridgehead atoms. The molecular weight excluding hydrogens is 434 g/mol. The molecule has 0 aliphatic rings. The molecule has 158 valence electrons. The summed E-state index contributed by atoms with van der Waals surface area (Å²) >= 11 is 7.31. The Balaban J connectivity index is 1.83. The van der Waals surface area contributed by atoms with Crippen LogP contribution in [0.15, 0.2) is 77.5 Å². The highest BCUT2D eigenvalue weighted by atomic mass is 35.5. The number of nitrogens with zero attached hydrogens (tertiary/aromatic N) is 1. The SMILES string of the molecule is COc1ccc(/C=C(/NC(=O)c2ccccc2)C(=O)N/N=C(/C)c2ccc(Cl)s2)cc1. The maximum Gasteiger partial charge on any atom is 0.287 e. The predicted molar refractivity (Wildman–Crippen MR) is 125 cm³/mol. The van der Waals surface area contributed by atoms with E-state index in [1.807, 2.05) is 12.1 Å². The van der Waals surface area contributed by atoms with Gasteiger partial charge in [0.15, 0.2) is 0 Å². The van der Waals surface area contributed by atoms with E-state index in [2.05, 4.69) is 15.8 Å². The molecule has 31 heavy (non-hydrogen) atoms. The summed E-state index contributed by atoms with van der Waals surface area (Å²) < 4.78 is 5.79. The molecule has 0 aliphatic carbocycles. The first kappa shape index (κ1) is 22.3. The van der Waals surface area contributed by atoms with E-state index in [-0.39, 0.29) is 5.70 Å². The van der Waals surface area contributed by atoms with Crippen molar-refractivity contribution in [3.63, 3.8) is 0 Å². The minimum atomic E-state index is -0.554. The van der Waals surface area contributed by atoms with Gasteiger partial charge in [0.05, 0.1) is 22.0 Å². The van der Waals surface area contributed by atoms with Gasteiger partial charge in [-0.25, -0.2) is 5.43 Å². The fourth-order valence-corrected chi connectivity index (χ4v) is 3.56. The van der Waals surface area contributed by atoms with Gasteiger partial charge in [0.2, 0.25) is 0 Å². The van der Waals surface area contributed by atoms with E-state index in [1.54, 1.807) is 74.7 Å². The smallest absolute Gasteiger partial charge is 0.287 e. The highest BCUT2D eigenvalue weighted by molar-refractivity contribution is 7.18. The second-order valence-corrected chi connectivity index (χ2v) is 8.11. The largest absolute Gasteiger partial charge is 0.497 e. The zero-order valence-corrected chi connectivity index (χ0v) is 18.5. The number of carbonyl (C=O) groups is 2. The van der Waals surface area contributed by atoms with Gasteiger partial charge in [0, 0.05) is 5.56 Å². The van der Waals surface area contributed by atoms with Crippen molar-refractivity contribution in [2.75, 3.05) is 7.11 Å². The number of hydrogen-bond acceptors (Lipinski definition) is 5. The van der Waals surface area contributed by atoms with Crippen LogP contribution in [0.1, 0.15) is 27.7 Å². The molecule has 0 saturated heterocycles. The van der Waals surface area contributed by atoms with Crippen LogP contribution < -0.4 is 15.5 Å². The van der Waals surface area contributed by atoms with Crippen molar-refractivity contribution < 1.29 is 14.3 Å². The van der Waals surface area contributed by atoms with Gasteiger partial charge in [-0.15, -0.1) is 11.3 Å². The summed E-state index contributed by atoms with van der Waals surface area (Å²) in [5, 5.41) is 6.80. The molecule has 3 rings (SSSR count). The Morgan fingerprint density at radius 1 is 1.03 bits per heavy atom. The topological polar surface area (TPSA) is 79.8 Å². The summed E-state index contributed by atoms with van der Waals surface area (Å²) in [7, 11) is 1.57. The average molecular weight is 454 g/mol. The van der Waals surface area contributed by atoms with Crippen LogP contribution >= 0.6 is 22.9 Å². The van der Waals surface area contributed by atoms with Crippen molar-refractivity contribution in [2.45, 2.75) is 6.92 Å². The summed E-state index contributed by atoms with van der Waals surface area (Å²) in [5.74, 6) is -0.269. The first-order valence-electron chi connectivity index (χ1n) is 9.29. The zero-order chi connectivity index (χ0) is 22.2. The number of halogens is 1. The summed E-state index contributed by atoms with van der Waals surface area (Å²) in [5.41, 5.74) is 4.30. The van der Waals surface area contributed by atoms with Crippen molar-refractivity contribution in [1.29, 1.82) is 0 Å². The molecule has 8 heteroatoms. The first-order valence-corrected chi connectivity index (χ1v) is 10.5. The van der Waals surface area contributed by atoms with E-state index in [0.29, 0.717) is 26.9 Å². The van der Waals surface area contributed by atoms with Crippen LogP contribution in [0.4, 0.5) is 0 Å². The first-order chi connectivity index (χ1) is 15.0. The fourth-order valence-electron chi connectivity index (χ4n) is 2.57. The molecule has 0 unspecified atom stereocenters. The van der Waals surface area contributed by atoms with E-state index >= 15 is 0 Å². The Hall–Kier alpha value is -3.42. The molecule has 0 fully saturated rings. The molecule has 2 N–H and O–H groups in total. The number of ether oxygens (including phenoxy) is 1. The Bertz CT molecular complexity index is 1120. The molecule has 1 aromatic heterocycles.